The summed E-state index contributed by atoms with van der Waals surface area (Å²) in [7, 11) is 0. The van der Waals surface area contributed by atoms with Crippen LogP contribution in [-0.4, -0.2) is 27.3 Å². The van der Waals surface area contributed by atoms with Crippen molar-refractivity contribution in [2.24, 2.45) is 5.92 Å². The van der Waals surface area contributed by atoms with Crippen molar-refractivity contribution in [1.29, 1.82) is 0 Å². The first kappa shape index (κ1) is 20.3. The molecule has 1 amide bonds. The van der Waals surface area contributed by atoms with Gasteiger partial charge < -0.3 is 14.5 Å². The summed E-state index contributed by atoms with van der Waals surface area (Å²) in [4.78, 5) is 16.6. The van der Waals surface area contributed by atoms with Crippen LogP contribution in [0.4, 0.5) is 10.1 Å². The summed E-state index contributed by atoms with van der Waals surface area (Å²) >= 11 is 0. The molecule has 2 aromatic carbocycles. The molecule has 2 heterocycles. The third kappa shape index (κ3) is 4.80. The predicted molar refractivity (Wildman–Crippen MR) is 114 cm³/mol. The number of nitrogens with one attached hydrogen (secondary N) is 1. The Morgan fingerprint density at radius 3 is 2.52 bits per heavy atom. The number of anilines is 1. The molecule has 1 N–H and O–H groups in total. The molecule has 0 radical (unpaired) electrons. The second-order valence-corrected chi connectivity index (χ2v) is 7.32. The highest BCUT2D eigenvalue weighted by atomic mass is 19.1. The molecule has 158 valence electrons. The second kappa shape index (κ2) is 8.83. The molecule has 2 aromatic heterocycles. The molecule has 0 unspecified atom stereocenters. The highest BCUT2D eigenvalue weighted by Gasteiger charge is 2.16. The van der Waals surface area contributed by atoms with E-state index in [2.05, 4.69) is 15.4 Å². The Morgan fingerprint density at radius 2 is 1.87 bits per heavy atom. The van der Waals surface area contributed by atoms with Gasteiger partial charge in [0.05, 0.1) is 18.6 Å². The monoisotopic (exact) mass is 420 g/mol. The zero-order valence-electron chi connectivity index (χ0n) is 17.1. The van der Waals surface area contributed by atoms with Gasteiger partial charge in [-0.25, -0.2) is 9.07 Å². The Hall–Kier alpha value is -3.94. The van der Waals surface area contributed by atoms with Gasteiger partial charge in [0, 0.05) is 11.3 Å². The van der Waals surface area contributed by atoms with Crippen molar-refractivity contribution in [3.63, 3.8) is 0 Å². The van der Waals surface area contributed by atoms with E-state index in [1.54, 1.807) is 53.2 Å². The largest absolute Gasteiger partial charge is 0.462 e. The van der Waals surface area contributed by atoms with E-state index in [4.69, 9.17) is 9.15 Å². The van der Waals surface area contributed by atoms with Crippen LogP contribution in [0.25, 0.3) is 17.1 Å². The van der Waals surface area contributed by atoms with E-state index in [0.29, 0.717) is 35.3 Å². The lowest BCUT2D eigenvalue weighted by atomic mass is 10.2. The van der Waals surface area contributed by atoms with Gasteiger partial charge in [0.15, 0.2) is 11.6 Å². The summed E-state index contributed by atoms with van der Waals surface area (Å²) in [6.07, 6.45) is 1.44. The van der Waals surface area contributed by atoms with Gasteiger partial charge in [-0.3, -0.25) is 4.79 Å². The van der Waals surface area contributed by atoms with Crippen LogP contribution < -0.4 is 10.1 Å². The number of ether oxygens (including phenoxy) is 1. The summed E-state index contributed by atoms with van der Waals surface area (Å²) in [6.45, 7) is 4.55. The fourth-order valence-corrected chi connectivity index (χ4v) is 2.85. The third-order valence-electron chi connectivity index (χ3n) is 4.35. The normalized spacial score (nSPS) is 11.0. The van der Waals surface area contributed by atoms with E-state index >= 15 is 0 Å². The van der Waals surface area contributed by atoms with E-state index in [1.807, 2.05) is 13.8 Å². The first-order chi connectivity index (χ1) is 15.0. The number of amides is 1. The number of hydrogen-bond acceptors (Lipinski definition) is 5. The lowest BCUT2D eigenvalue weighted by Gasteiger charge is -2.08. The molecule has 0 saturated carbocycles. The lowest BCUT2D eigenvalue weighted by molar-refractivity contribution is 0.0996. The Bertz CT molecular complexity index is 1150. The summed E-state index contributed by atoms with van der Waals surface area (Å²) in [6, 6.07) is 16.6. The van der Waals surface area contributed by atoms with Crippen LogP contribution in [0.3, 0.4) is 0 Å². The molecule has 7 nitrogen and oxygen atoms in total. The zero-order valence-corrected chi connectivity index (χ0v) is 17.1. The van der Waals surface area contributed by atoms with Crippen molar-refractivity contribution in [3.8, 4) is 23.1 Å². The summed E-state index contributed by atoms with van der Waals surface area (Å²) in [5.74, 6) is 0.396. The molecule has 0 bridgehead atoms. The van der Waals surface area contributed by atoms with Gasteiger partial charge in [-0.15, -0.1) is 5.10 Å². The van der Waals surface area contributed by atoms with Crippen LogP contribution in [0.5, 0.6) is 6.01 Å². The number of benzene rings is 2. The number of carbonyl (C=O) groups excluding carboxylic acids is 1. The molecule has 0 atom stereocenters. The fourth-order valence-electron chi connectivity index (χ4n) is 2.85. The van der Waals surface area contributed by atoms with Crippen LogP contribution in [0.1, 0.15) is 24.4 Å². The topological polar surface area (TPSA) is 82.2 Å². The van der Waals surface area contributed by atoms with Crippen LogP contribution in [-0.2, 0) is 0 Å². The number of aromatic nitrogens is 3. The number of halogens is 1. The van der Waals surface area contributed by atoms with Gasteiger partial charge in [-0.2, -0.15) is 4.98 Å². The van der Waals surface area contributed by atoms with E-state index in [1.165, 1.54) is 18.4 Å². The molecule has 0 spiro atoms. The zero-order chi connectivity index (χ0) is 21.8. The first-order valence-corrected chi connectivity index (χ1v) is 9.80. The third-order valence-corrected chi connectivity index (χ3v) is 4.35. The van der Waals surface area contributed by atoms with E-state index in [0.717, 1.165) is 0 Å². The Balaban J connectivity index is 1.62. The van der Waals surface area contributed by atoms with Crippen LogP contribution >= 0.6 is 0 Å². The van der Waals surface area contributed by atoms with Gasteiger partial charge in [0.25, 0.3) is 5.91 Å². The number of carbonyl (C=O) groups is 1. The Kier molecular flexibility index (Phi) is 5.79. The number of rotatable bonds is 7. The molecule has 0 aliphatic carbocycles. The quantitative estimate of drug-likeness (QED) is 0.457. The van der Waals surface area contributed by atoms with Crippen LogP contribution in [0.2, 0.25) is 0 Å². The van der Waals surface area contributed by atoms with Crippen molar-refractivity contribution >= 4 is 11.6 Å². The molecule has 0 aliphatic heterocycles. The molecular weight excluding hydrogens is 399 g/mol. The fraction of sp³-hybridized carbons (Fsp3) is 0.174. The summed E-state index contributed by atoms with van der Waals surface area (Å²) in [5, 5.41) is 7.24. The van der Waals surface area contributed by atoms with Gasteiger partial charge in [0.2, 0.25) is 0 Å². The minimum atomic E-state index is -0.338. The Labute approximate surface area is 178 Å². The lowest BCUT2D eigenvalue weighted by Crippen LogP contribution is -2.10. The number of nitrogens with zero attached hydrogens (tertiary/aromatic N) is 3. The smallest absolute Gasteiger partial charge is 0.336 e. The molecule has 0 saturated heterocycles. The SMILES string of the molecule is CC(C)COc1nc(-c2ccc(F)cc2)n(-c2ccc(NC(=O)c3ccco3)cc2)n1. The number of hydrogen-bond donors (Lipinski definition) is 1. The van der Waals surface area contributed by atoms with Gasteiger partial charge in [0.1, 0.15) is 5.82 Å². The van der Waals surface area contributed by atoms with E-state index in [-0.39, 0.29) is 23.5 Å². The standard InChI is InChI=1S/C23H21FN4O3/c1-15(2)14-31-23-26-21(16-5-7-17(24)8-6-16)28(27-23)19-11-9-18(10-12-19)25-22(29)20-4-3-13-30-20/h3-13,15H,14H2,1-2H3,(H,25,29). The molecule has 0 aliphatic rings. The first-order valence-electron chi connectivity index (χ1n) is 9.80. The molecule has 4 aromatic rings. The van der Waals surface area contributed by atoms with Crippen LogP contribution in [0, 0.1) is 11.7 Å². The Morgan fingerprint density at radius 1 is 1.13 bits per heavy atom. The van der Waals surface area contributed by atoms with E-state index < -0.39 is 0 Å². The van der Waals surface area contributed by atoms with Gasteiger partial charge in [-0.05, 0) is 66.6 Å². The maximum atomic E-state index is 13.4. The van der Waals surface area contributed by atoms with Gasteiger partial charge in [-0.1, -0.05) is 13.8 Å². The second-order valence-electron chi connectivity index (χ2n) is 7.32. The number of furan rings is 1. The van der Waals surface area contributed by atoms with Crippen molar-refractivity contribution in [1.82, 2.24) is 14.8 Å². The highest BCUT2D eigenvalue weighted by molar-refractivity contribution is 6.02. The molecule has 31 heavy (non-hydrogen) atoms. The van der Waals surface area contributed by atoms with Gasteiger partial charge >= 0.3 is 6.01 Å². The van der Waals surface area contributed by atoms with E-state index in [9.17, 15) is 9.18 Å². The summed E-state index contributed by atoms with van der Waals surface area (Å²) in [5.41, 5.74) is 2.01. The van der Waals surface area contributed by atoms with Crippen molar-refractivity contribution in [3.05, 3.63) is 78.5 Å². The minimum absolute atomic E-state index is 0.228. The molecule has 0 fully saturated rings. The average molecular weight is 420 g/mol. The average Bonchev–Trinajstić information content (AvgIpc) is 3.44. The van der Waals surface area contributed by atoms with Crippen molar-refractivity contribution in [2.45, 2.75) is 13.8 Å². The molecule has 8 heteroatoms. The highest BCUT2D eigenvalue weighted by Crippen LogP contribution is 2.25. The van der Waals surface area contributed by atoms with Crippen molar-refractivity contribution in [2.75, 3.05) is 11.9 Å². The summed E-state index contributed by atoms with van der Waals surface area (Å²) < 4.78 is 25.8. The maximum Gasteiger partial charge on any atom is 0.336 e. The molecule has 4 rings (SSSR count). The predicted octanol–water partition coefficient (Wildman–Crippen LogP) is 4.95. The molecular formula is C23H21FN4O3. The van der Waals surface area contributed by atoms with Crippen molar-refractivity contribution < 1.29 is 18.3 Å². The van der Waals surface area contributed by atoms with Crippen LogP contribution in [0.15, 0.2) is 71.3 Å². The minimum Gasteiger partial charge on any atom is -0.462 e. The maximum absolute atomic E-state index is 13.4.